The molecule has 25 heavy (non-hydrogen) atoms. The maximum absolute atomic E-state index is 12.1. The number of methoxy groups -OCH3 is 2. The number of para-hydroxylation sites is 1. The molecule has 0 spiro atoms. The van der Waals surface area contributed by atoms with Gasteiger partial charge >= 0.3 is 11.8 Å². The predicted molar refractivity (Wildman–Crippen MR) is 91.7 cm³/mol. The number of anilines is 1. The summed E-state index contributed by atoms with van der Waals surface area (Å²) in [5, 5.41) is 5.25. The molecule has 3 rings (SSSR count). The van der Waals surface area contributed by atoms with Crippen molar-refractivity contribution < 1.29 is 19.1 Å². The Morgan fingerprint density at radius 2 is 1.88 bits per heavy atom. The van der Waals surface area contributed by atoms with Gasteiger partial charge in [0.25, 0.3) is 0 Å². The van der Waals surface area contributed by atoms with Gasteiger partial charge in [-0.1, -0.05) is 18.2 Å². The van der Waals surface area contributed by atoms with E-state index in [4.69, 9.17) is 9.47 Å². The number of ether oxygens (including phenoxy) is 2. The number of amides is 2. The van der Waals surface area contributed by atoms with Crippen LogP contribution in [0.2, 0.25) is 0 Å². The van der Waals surface area contributed by atoms with Gasteiger partial charge in [0.2, 0.25) is 5.88 Å². The van der Waals surface area contributed by atoms with Crippen LogP contribution in [-0.2, 0) is 9.59 Å². The van der Waals surface area contributed by atoms with Crippen LogP contribution in [-0.4, -0.2) is 37.1 Å². The second kappa shape index (κ2) is 7.21. The average molecular weight is 341 g/mol. The van der Waals surface area contributed by atoms with E-state index in [0.29, 0.717) is 5.69 Å². The van der Waals surface area contributed by atoms with Crippen molar-refractivity contribution in [1.82, 2.24) is 10.3 Å². The molecule has 2 aromatic rings. The molecule has 0 aliphatic heterocycles. The molecule has 1 fully saturated rings. The Balaban J connectivity index is 1.59. The fraction of sp³-hybridized carbons (Fsp3) is 0.278. The SMILES string of the molecule is COc1ccccc1[C@H]1C[C@H]1NC(=O)C(=O)Nc1cccnc1OC. The topological polar surface area (TPSA) is 89.5 Å². The normalized spacial score (nSPS) is 18.2. The van der Waals surface area contributed by atoms with E-state index < -0.39 is 11.8 Å². The van der Waals surface area contributed by atoms with Crippen molar-refractivity contribution in [3.63, 3.8) is 0 Å². The average Bonchev–Trinajstić information content (AvgIpc) is 3.40. The first-order chi connectivity index (χ1) is 12.1. The highest BCUT2D eigenvalue weighted by Gasteiger charge is 2.42. The lowest BCUT2D eigenvalue weighted by molar-refractivity contribution is -0.136. The molecular formula is C18H19N3O4. The van der Waals surface area contributed by atoms with Gasteiger partial charge in [-0.3, -0.25) is 9.59 Å². The van der Waals surface area contributed by atoms with Crippen molar-refractivity contribution in [3.05, 3.63) is 48.2 Å². The van der Waals surface area contributed by atoms with Gasteiger partial charge in [-0.25, -0.2) is 4.98 Å². The fourth-order valence-electron chi connectivity index (χ4n) is 2.73. The molecule has 7 heteroatoms. The van der Waals surface area contributed by atoms with Crippen LogP contribution in [0.15, 0.2) is 42.6 Å². The Hall–Kier alpha value is -3.09. The molecule has 0 radical (unpaired) electrons. The van der Waals surface area contributed by atoms with Gasteiger partial charge in [-0.2, -0.15) is 0 Å². The van der Waals surface area contributed by atoms with Crippen LogP contribution < -0.4 is 20.1 Å². The van der Waals surface area contributed by atoms with Crippen LogP contribution in [0.25, 0.3) is 0 Å². The third-order valence-corrected chi connectivity index (χ3v) is 4.06. The van der Waals surface area contributed by atoms with Gasteiger partial charge in [0.05, 0.1) is 14.2 Å². The lowest BCUT2D eigenvalue weighted by atomic mass is 10.1. The van der Waals surface area contributed by atoms with Gasteiger partial charge in [-0.05, 0) is 30.2 Å². The predicted octanol–water partition coefficient (Wildman–Crippen LogP) is 1.71. The Morgan fingerprint density at radius 1 is 1.08 bits per heavy atom. The van der Waals surface area contributed by atoms with Gasteiger partial charge < -0.3 is 20.1 Å². The first-order valence-corrected chi connectivity index (χ1v) is 7.87. The summed E-state index contributed by atoms with van der Waals surface area (Å²) in [5.74, 6) is -0.248. The van der Waals surface area contributed by atoms with Crippen molar-refractivity contribution in [2.45, 2.75) is 18.4 Å². The van der Waals surface area contributed by atoms with Crippen LogP contribution in [0.5, 0.6) is 11.6 Å². The van der Waals surface area contributed by atoms with Crippen LogP contribution in [0, 0.1) is 0 Å². The molecule has 1 heterocycles. The molecule has 7 nitrogen and oxygen atoms in total. The van der Waals surface area contributed by atoms with Crippen molar-refractivity contribution in [3.8, 4) is 11.6 Å². The molecule has 2 atom stereocenters. The summed E-state index contributed by atoms with van der Waals surface area (Å²) in [4.78, 5) is 28.2. The molecule has 0 bridgehead atoms. The maximum Gasteiger partial charge on any atom is 0.313 e. The lowest BCUT2D eigenvalue weighted by Crippen LogP contribution is -2.37. The smallest absolute Gasteiger partial charge is 0.313 e. The summed E-state index contributed by atoms with van der Waals surface area (Å²) >= 11 is 0. The quantitative estimate of drug-likeness (QED) is 0.808. The third-order valence-electron chi connectivity index (χ3n) is 4.06. The minimum Gasteiger partial charge on any atom is -0.496 e. The standard InChI is InChI=1S/C18H19N3O4/c1-24-15-8-4-3-6-11(15)12-10-14(12)21-17(23)16(22)20-13-7-5-9-19-18(13)25-2/h3-9,12,14H,10H2,1-2H3,(H,20,22)(H,21,23)/t12-,14-/m1/s1. The van der Waals surface area contributed by atoms with Crippen molar-refractivity contribution >= 4 is 17.5 Å². The Kier molecular flexibility index (Phi) is 4.83. The molecule has 130 valence electrons. The van der Waals surface area contributed by atoms with Crippen LogP contribution in [0.1, 0.15) is 17.9 Å². The molecule has 1 aromatic heterocycles. The maximum atomic E-state index is 12.1. The number of carbonyl (C=O) groups excluding carboxylic acids is 2. The molecule has 0 unspecified atom stereocenters. The third kappa shape index (κ3) is 3.71. The molecule has 1 aromatic carbocycles. The molecule has 2 amide bonds. The van der Waals surface area contributed by atoms with Crippen LogP contribution in [0.3, 0.4) is 0 Å². The molecule has 2 N–H and O–H groups in total. The highest BCUT2D eigenvalue weighted by Crippen LogP contribution is 2.44. The second-order valence-electron chi connectivity index (χ2n) is 5.68. The molecule has 0 saturated heterocycles. The van der Waals surface area contributed by atoms with E-state index in [0.717, 1.165) is 17.7 Å². The fourth-order valence-corrected chi connectivity index (χ4v) is 2.73. The molecule has 1 saturated carbocycles. The van der Waals surface area contributed by atoms with E-state index in [-0.39, 0.29) is 17.8 Å². The lowest BCUT2D eigenvalue weighted by Gasteiger charge is -2.10. The van der Waals surface area contributed by atoms with E-state index in [9.17, 15) is 9.59 Å². The second-order valence-corrected chi connectivity index (χ2v) is 5.68. The number of aromatic nitrogens is 1. The van der Waals surface area contributed by atoms with Gasteiger partial charge in [0.1, 0.15) is 11.4 Å². The summed E-state index contributed by atoms with van der Waals surface area (Å²) in [7, 11) is 3.06. The minimum absolute atomic E-state index is 0.0784. The molecule has 1 aliphatic carbocycles. The number of nitrogens with one attached hydrogen (secondary N) is 2. The Morgan fingerprint density at radius 3 is 2.64 bits per heavy atom. The minimum atomic E-state index is -0.753. The highest BCUT2D eigenvalue weighted by atomic mass is 16.5. The van der Waals surface area contributed by atoms with Crippen molar-refractivity contribution in [1.29, 1.82) is 0 Å². The van der Waals surface area contributed by atoms with E-state index in [1.165, 1.54) is 13.3 Å². The molecule has 1 aliphatic rings. The number of nitrogens with zero attached hydrogens (tertiary/aromatic N) is 1. The summed E-state index contributed by atoms with van der Waals surface area (Å²) in [6.07, 6.45) is 2.31. The Bertz CT molecular complexity index is 793. The van der Waals surface area contributed by atoms with Crippen molar-refractivity contribution in [2.75, 3.05) is 19.5 Å². The number of benzene rings is 1. The summed E-state index contributed by atoms with van der Waals surface area (Å²) < 4.78 is 10.4. The molecular weight excluding hydrogens is 322 g/mol. The Labute approximate surface area is 145 Å². The summed E-state index contributed by atoms with van der Waals surface area (Å²) in [6, 6.07) is 10.9. The van der Waals surface area contributed by atoms with E-state index in [2.05, 4.69) is 15.6 Å². The zero-order valence-corrected chi connectivity index (χ0v) is 14.0. The number of hydrogen-bond donors (Lipinski definition) is 2. The van der Waals surface area contributed by atoms with Crippen LogP contribution >= 0.6 is 0 Å². The zero-order chi connectivity index (χ0) is 17.8. The first-order valence-electron chi connectivity index (χ1n) is 7.87. The van der Waals surface area contributed by atoms with E-state index in [1.807, 2.05) is 24.3 Å². The van der Waals surface area contributed by atoms with E-state index in [1.54, 1.807) is 19.2 Å². The van der Waals surface area contributed by atoms with Crippen LogP contribution in [0.4, 0.5) is 5.69 Å². The van der Waals surface area contributed by atoms with Gasteiger partial charge in [-0.15, -0.1) is 0 Å². The zero-order valence-electron chi connectivity index (χ0n) is 14.0. The van der Waals surface area contributed by atoms with Crippen molar-refractivity contribution in [2.24, 2.45) is 0 Å². The van der Waals surface area contributed by atoms with E-state index >= 15 is 0 Å². The highest BCUT2D eigenvalue weighted by molar-refractivity contribution is 6.39. The summed E-state index contributed by atoms with van der Waals surface area (Å²) in [5.41, 5.74) is 1.38. The summed E-state index contributed by atoms with van der Waals surface area (Å²) in [6.45, 7) is 0. The number of pyridine rings is 1. The number of hydrogen-bond acceptors (Lipinski definition) is 5. The monoisotopic (exact) mass is 341 g/mol. The first kappa shape index (κ1) is 16.8. The number of rotatable bonds is 5. The van der Waals surface area contributed by atoms with Gasteiger partial charge in [0, 0.05) is 18.2 Å². The largest absolute Gasteiger partial charge is 0.496 e. The van der Waals surface area contributed by atoms with Gasteiger partial charge in [0.15, 0.2) is 0 Å². The number of carbonyl (C=O) groups is 2.